The fourth-order valence-electron chi connectivity index (χ4n) is 1.01. The van der Waals surface area contributed by atoms with Gasteiger partial charge < -0.3 is 4.74 Å². The Morgan fingerprint density at radius 2 is 2.00 bits per heavy atom. The molecule has 0 unspecified atom stereocenters. The summed E-state index contributed by atoms with van der Waals surface area (Å²) in [6, 6.07) is 6.50. The number of benzene rings is 1. The first-order valence-electron chi connectivity index (χ1n) is 4.01. The molecule has 1 aromatic carbocycles. The number of alkyl halides is 1. The first-order valence-corrected chi connectivity index (χ1v) is 4.55. The second-order valence-electron chi connectivity index (χ2n) is 2.65. The Morgan fingerprint density at radius 1 is 1.36 bits per heavy atom. The van der Waals surface area contributed by atoms with Crippen LogP contribution in [0.1, 0.15) is 17.3 Å². The third kappa shape index (κ3) is 2.57. The number of rotatable bonds is 3. The number of hydrogen-bond donors (Lipinski definition) is 0. The fraction of sp³-hybridized carbons (Fsp3) is 0.200. The smallest absolute Gasteiger partial charge is 0.308 e. The molecule has 14 heavy (non-hydrogen) atoms. The maximum Gasteiger partial charge on any atom is 0.308 e. The van der Waals surface area contributed by atoms with Crippen molar-refractivity contribution in [3.63, 3.8) is 0 Å². The molecular weight excluding hydrogens is 204 g/mol. The van der Waals surface area contributed by atoms with Crippen LogP contribution in [0, 0.1) is 0 Å². The minimum atomic E-state index is -0.458. The SMILES string of the molecule is CC(=O)Oc1ccccc1C(=O)CCl. The summed E-state index contributed by atoms with van der Waals surface area (Å²) < 4.78 is 4.85. The Morgan fingerprint density at radius 3 is 2.57 bits per heavy atom. The van der Waals surface area contributed by atoms with Gasteiger partial charge in [-0.15, -0.1) is 11.6 Å². The molecule has 0 saturated carbocycles. The van der Waals surface area contributed by atoms with Gasteiger partial charge in [0.15, 0.2) is 5.78 Å². The summed E-state index contributed by atoms with van der Waals surface area (Å²) in [5.74, 6) is -0.591. The zero-order valence-electron chi connectivity index (χ0n) is 7.62. The van der Waals surface area contributed by atoms with Gasteiger partial charge in [-0.25, -0.2) is 0 Å². The van der Waals surface area contributed by atoms with E-state index < -0.39 is 5.97 Å². The van der Waals surface area contributed by atoms with Gasteiger partial charge in [0, 0.05) is 6.92 Å². The maximum absolute atomic E-state index is 11.3. The zero-order chi connectivity index (χ0) is 10.6. The minimum Gasteiger partial charge on any atom is -0.426 e. The summed E-state index contributed by atoms with van der Waals surface area (Å²) >= 11 is 5.41. The topological polar surface area (TPSA) is 43.4 Å². The lowest BCUT2D eigenvalue weighted by molar-refractivity contribution is -0.131. The van der Waals surface area contributed by atoms with Gasteiger partial charge in [0.25, 0.3) is 0 Å². The average Bonchev–Trinajstić information content (AvgIpc) is 2.16. The second kappa shape index (κ2) is 4.77. The molecular formula is C10H9ClO3. The standard InChI is InChI=1S/C10H9ClO3/c1-7(12)14-10-5-3-2-4-8(10)9(13)6-11/h2-5H,6H2,1H3. The average molecular weight is 213 g/mol. The Hall–Kier alpha value is -1.35. The summed E-state index contributed by atoms with van der Waals surface area (Å²) in [7, 11) is 0. The lowest BCUT2D eigenvalue weighted by Gasteiger charge is -2.05. The number of ketones is 1. The van der Waals surface area contributed by atoms with Crippen molar-refractivity contribution in [1.29, 1.82) is 0 Å². The van der Waals surface area contributed by atoms with Gasteiger partial charge >= 0.3 is 5.97 Å². The number of ether oxygens (including phenoxy) is 1. The molecule has 1 aromatic rings. The predicted molar refractivity (Wildman–Crippen MR) is 52.8 cm³/mol. The number of hydrogen-bond acceptors (Lipinski definition) is 3. The van der Waals surface area contributed by atoms with E-state index in [4.69, 9.17) is 16.3 Å². The van der Waals surface area contributed by atoms with Crippen LogP contribution < -0.4 is 4.74 Å². The first-order chi connectivity index (χ1) is 6.65. The van der Waals surface area contributed by atoms with Gasteiger partial charge in [-0.1, -0.05) is 12.1 Å². The number of halogens is 1. The maximum atomic E-state index is 11.3. The van der Waals surface area contributed by atoms with Crippen LogP contribution in [0.15, 0.2) is 24.3 Å². The van der Waals surface area contributed by atoms with Crippen molar-refractivity contribution in [2.75, 3.05) is 5.88 Å². The number of carbonyl (C=O) groups excluding carboxylic acids is 2. The molecule has 0 spiro atoms. The Labute approximate surface area is 86.6 Å². The molecule has 0 fully saturated rings. The molecule has 74 valence electrons. The largest absolute Gasteiger partial charge is 0.426 e. The van der Waals surface area contributed by atoms with Crippen LogP contribution in [0.25, 0.3) is 0 Å². The van der Waals surface area contributed by atoms with E-state index in [1.807, 2.05) is 0 Å². The quantitative estimate of drug-likeness (QED) is 0.333. The number of esters is 1. The van der Waals surface area contributed by atoms with E-state index in [-0.39, 0.29) is 17.4 Å². The zero-order valence-corrected chi connectivity index (χ0v) is 8.38. The molecule has 0 aliphatic carbocycles. The highest BCUT2D eigenvalue weighted by atomic mass is 35.5. The van der Waals surface area contributed by atoms with Crippen molar-refractivity contribution in [2.24, 2.45) is 0 Å². The molecule has 0 aliphatic heterocycles. The summed E-state index contributed by atoms with van der Waals surface area (Å²) in [6.45, 7) is 1.28. The summed E-state index contributed by atoms with van der Waals surface area (Å²) in [5.41, 5.74) is 0.331. The second-order valence-corrected chi connectivity index (χ2v) is 2.91. The Kier molecular flexibility index (Phi) is 3.65. The van der Waals surface area contributed by atoms with Gasteiger partial charge in [0.2, 0.25) is 0 Å². The lowest BCUT2D eigenvalue weighted by atomic mass is 10.1. The minimum absolute atomic E-state index is 0.127. The molecule has 0 saturated heterocycles. The number of Topliss-reactive ketones (excluding diaryl/α,β-unsaturated/α-hetero) is 1. The molecule has 0 aromatic heterocycles. The highest BCUT2D eigenvalue weighted by Crippen LogP contribution is 2.18. The van der Waals surface area contributed by atoms with Gasteiger partial charge in [-0.2, -0.15) is 0 Å². The van der Waals surface area contributed by atoms with Gasteiger partial charge in [0.05, 0.1) is 11.4 Å². The van der Waals surface area contributed by atoms with E-state index in [0.29, 0.717) is 5.56 Å². The summed E-state index contributed by atoms with van der Waals surface area (Å²) in [6.07, 6.45) is 0. The highest BCUT2D eigenvalue weighted by Gasteiger charge is 2.11. The monoisotopic (exact) mass is 212 g/mol. The van der Waals surface area contributed by atoms with Crippen LogP contribution in [-0.2, 0) is 4.79 Å². The van der Waals surface area contributed by atoms with E-state index in [1.54, 1.807) is 24.3 Å². The van der Waals surface area contributed by atoms with Crippen LogP contribution in [0.3, 0.4) is 0 Å². The number of carbonyl (C=O) groups is 2. The third-order valence-electron chi connectivity index (χ3n) is 1.56. The molecule has 0 amide bonds. The van der Waals surface area contributed by atoms with E-state index in [2.05, 4.69) is 0 Å². The fourth-order valence-corrected chi connectivity index (χ4v) is 1.16. The van der Waals surface area contributed by atoms with Gasteiger partial charge in [-0.05, 0) is 12.1 Å². The normalized spacial score (nSPS) is 9.57. The van der Waals surface area contributed by atoms with Crippen molar-refractivity contribution < 1.29 is 14.3 Å². The van der Waals surface area contributed by atoms with Crippen molar-refractivity contribution in [3.05, 3.63) is 29.8 Å². The molecule has 0 bridgehead atoms. The molecule has 1 rings (SSSR count). The summed E-state index contributed by atoms with van der Waals surface area (Å²) in [5, 5.41) is 0. The van der Waals surface area contributed by atoms with Crippen LogP contribution in [-0.4, -0.2) is 17.6 Å². The van der Waals surface area contributed by atoms with Crippen molar-refractivity contribution >= 4 is 23.4 Å². The Bertz CT molecular complexity index is 360. The molecule has 0 radical (unpaired) electrons. The Balaban J connectivity index is 3.02. The van der Waals surface area contributed by atoms with E-state index >= 15 is 0 Å². The van der Waals surface area contributed by atoms with Gasteiger partial charge in [-0.3, -0.25) is 9.59 Å². The van der Waals surface area contributed by atoms with Crippen LogP contribution >= 0.6 is 11.6 Å². The molecule has 0 N–H and O–H groups in total. The van der Waals surface area contributed by atoms with Crippen LogP contribution in [0.4, 0.5) is 0 Å². The van der Waals surface area contributed by atoms with Crippen molar-refractivity contribution in [2.45, 2.75) is 6.92 Å². The molecule has 4 heteroatoms. The molecule has 0 heterocycles. The van der Waals surface area contributed by atoms with Gasteiger partial charge in [0.1, 0.15) is 5.75 Å². The molecule has 0 atom stereocenters. The highest BCUT2D eigenvalue weighted by molar-refractivity contribution is 6.30. The predicted octanol–water partition coefficient (Wildman–Crippen LogP) is 2.03. The van der Waals surface area contributed by atoms with Crippen LogP contribution in [0.5, 0.6) is 5.75 Å². The van der Waals surface area contributed by atoms with Crippen molar-refractivity contribution in [1.82, 2.24) is 0 Å². The van der Waals surface area contributed by atoms with Crippen LogP contribution in [0.2, 0.25) is 0 Å². The van der Waals surface area contributed by atoms with E-state index in [0.717, 1.165) is 0 Å². The molecule has 3 nitrogen and oxygen atoms in total. The summed E-state index contributed by atoms with van der Waals surface area (Å²) in [4.78, 5) is 22.0. The molecule has 0 aliphatic rings. The first kappa shape index (κ1) is 10.7. The van der Waals surface area contributed by atoms with E-state index in [9.17, 15) is 9.59 Å². The lowest BCUT2D eigenvalue weighted by Crippen LogP contribution is -2.08. The van der Waals surface area contributed by atoms with E-state index in [1.165, 1.54) is 6.92 Å². The van der Waals surface area contributed by atoms with Crippen molar-refractivity contribution in [3.8, 4) is 5.75 Å². The third-order valence-corrected chi connectivity index (χ3v) is 1.81. The number of para-hydroxylation sites is 1.